The molecule has 30 heavy (non-hydrogen) atoms. The number of piperidine rings is 1. The molecule has 0 atom stereocenters. The largest absolute Gasteiger partial charge is 0.404 e. The lowest BCUT2D eigenvalue weighted by atomic mass is 10.0. The standard InChI is InChI=1S/C22H30N6OS/c1-14(2)26-21-18-10-15(16(11-23)12-24)4-5-20(18)25-13-19(21)22(29)27-17-6-8-28(30-3)9-7-17/h4-5,10-14,17,23H,6-9,24H2,1-3H3,(H,25,26)(H,27,29)/b16-12+,23-11?. The second kappa shape index (κ2) is 9.95. The highest BCUT2D eigenvalue weighted by atomic mass is 32.2. The van der Waals surface area contributed by atoms with Crippen molar-refractivity contribution in [1.82, 2.24) is 14.6 Å². The lowest BCUT2D eigenvalue weighted by molar-refractivity contribution is 0.0925. The highest BCUT2D eigenvalue weighted by molar-refractivity contribution is 7.96. The summed E-state index contributed by atoms with van der Waals surface area (Å²) in [6.45, 7) is 6.03. The molecule has 1 fully saturated rings. The van der Waals surface area contributed by atoms with Crippen molar-refractivity contribution in [3.05, 3.63) is 41.7 Å². The molecule has 1 aliphatic rings. The number of nitrogens with zero attached hydrogens (tertiary/aromatic N) is 2. The molecule has 3 rings (SSSR count). The minimum atomic E-state index is -0.109. The minimum absolute atomic E-state index is 0.109. The van der Waals surface area contributed by atoms with Crippen LogP contribution in [-0.4, -0.2) is 52.8 Å². The van der Waals surface area contributed by atoms with Crippen LogP contribution in [0.3, 0.4) is 0 Å². The van der Waals surface area contributed by atoms with E-state index in [-0.39, 0.29) is 18.0 Å². The van der Waals surface area contributed by atoms with Crippen LogP contribution in [0.5, 0.6) is 0 Å². The van der Waals surface area contributed by atoms with E-state index in [1.54, 1.807) is 18.1 Å². The molecular formula is C22H30N6OS. The molecule has 1 saturated heterocycles. The van der Waals surface area contributed by atoms with Gasteiger partial charge in [0.25, 0.3) is 5.91 Å². The van der Waals surface area contributed by atoms with E-state index in [9.17, 15) is 4.79 Å². The first-order valence-electron chi connectivity index (χ1n) is 10.2. The Morgan fingerprint density at radius 3 is 2.70 bits per heavy atom. The van der Waals surface area contributed by atoms with Gasteiger partial charge in [-0.1, -0.05) is 18.0 Å². The van der Waals surface area contributed by atoms with E-state index < -0.39 is 0 Å². The van der Waals surface area contributed by atoms with Crippen molar-refractivity contribution in [2.75, 3.05) is 24.7 Å². The average molecular weight is 427 g/mol. The molecule has 160 valence electrons. The summed E-state index contributed by atoms with van der Waals surface area (Å²) in [5.41, 5.74) is 9.18. The Bertz CT molecular complexity index is 950. The van der Waals surface area contributed by atoms with Gasteiger partial charge in [0, 0.05) is 54.7 Å². The zero-order chi connectivity index (χ0) is 21.7. The monoisotopic (exact) mass is 426 g/mol. The number of anilines is 1. The summed E-state index contributed by atoms with van der Waals surface area (Å²) < 4.78 is 2.32. The number of carbonyl (C=O) groups is 1. The third-order valence-electron chi connectivity index (χ3n) is 5.26. The van der Waals surface area contributed by atoms with Crippen molar-refractivity contribution in [2.24, 2.45) is 5.73 Å². The van der Waals surface area contributed by atoms with Crippen LogP contribution in [0.2, 0.25) is 0 Å². The van der Waals surface area contributed by atoms with E-state index in [0.29, 0.717) is 11.1 Å². The number of benzene rings is 1. The summed E-state index contributed by atoms with van der Waals surface area (Å²) >= 11 is 1.75. The third-order valence-corrected chi connectivity index (χ3v) is 6.14. The summed E-state index contributed by atoms with van der Waals surface area (Å²) in [4.78, 5) is 17.7. The first kappa shape index (κ1) is 22.1. The normalized spacial score (nSPS) is 16.1. The molecule has 1 aromatic carbocycles. The number of nitrogens with two attached hydrogens (primary N) is 1. The van der Waals surface area contributed by atoms with Gasteiger partial charge in [0.05, 0.1) is 16.8 Å². The van der Waals surface area contributed by atoms with Gasteiger partial charge in [0.1, 0.15) is 0 Å². The molecule has 1 amide bonds. The Morgan fingerprint density at radius 1 is 1.37 bits per heavy atom. The topological polar surface area (TPSA) is 107 Å². The van der Waals surface area contributed by atoms with Gasteiger partial charge in [0.2, 0.25) is 0 Å². The van der Waals surface area contributed by atoms with Gasteiger partial charge in [-0.05, 0) is 50.6 Å². The lowest BCUT2D eigenvalue weighted by Crippen LogP contribution is -2.42. The van der Waals surface area contributed by atoms with Gasteiger partial charge in [0.15, 0.2) is 0 Å². The molecular weight excluding hydrogens is 396 g/mol. The Morgan fingerprint density at radius 2 is 2.10 bits per heavy atom. The van der Waals surface area contributed by atoms with E-state index in [0.717, 1.165) is 48.1 Å². The fraction of sp³-hybridized carbons (Fsp3) is 0.409. The average Bonchev–Trinajstić information content (AvgIpc) is 2.75. The predicted octanol–water partition coefficient (Wildman–Crippen LogP) is 3.48. The zero-order valence-corrected chi connectivity index (χ0v) is 18.6. The number of pyridine rings is 1. The van der Waals surface area contributed by atoms with Crippen LogP contribution in [0.4, 0.5) is 5.69 Å². The summed E-state index contributed by atoms with van der Waals surface area (Å²) in [6.07, 6.45) is 8.25. The highest BCUT2D eigenvalue weighted by Gasteiger charge is 2.23. The van der Waals surface area contributed by atoms with Gasteiger partial charge in [-0.25, -0.2) is 0 Å². The van der Waals surface area contributed by atoms with Crippen molar-refractivity contribution in [3.63, 3.8) is 0 Å². The number of hydrogen-bond donors (Lipinski definition) is 4. The molecule has 0 spiro atoms. The van der Waals surface area contributed by atoms with Crippen LogP contribution < -0.4 is 16.4 Å². The molecule has 0 bridgehead atoms. The second-order valence-corrected chi connectivity index (χ2v) is 8.59. The number of fused-ring (bicyclic) bond motifs is 1. The van der Waals surface area contributed by atoms with E-state index in [4.69, 9.17) is 11.1 Å². The SMILES string of the molecule is CSN1CCC(NC(=O)c2cnc3ccc(/C(C=N)=C/N)cc3c2NC(C)C)CC1. The maximum atomic E-state index is 13.2. The number of aromatic nitrogens is 1. The lowest BCUT2D eigenvalue weighted by Gasteiger charge is -2.30. The quantitative estimate of drug-likeness (QED) is 0.399. The molecule has 0 unspecified atom stereocenters. The van der Waals surface area contributed by atoms with Crippen LogP contribution in [0.1, 0.15) is 42.6 Å². The summed E-state index contributed by atoms with van der Waals surface area (Å²) in [5.74, 6) is -0.109. The summed E-state index contributed by atoms with van der Waals surface area (Å²) in [5, 5.41) is 15.0. The highest BCUT2D eigenvalue weighted by Crippen LogP contribution is 2.30. The summed E-state index contributed by atoms with van der Waals surface area (Å²) in [7, 11) is 0. The van der Waals surface area contributed by atoms with Crippen molar-refractivity contribution in [3.8, 4) is 0 Å². The van der Waals surface area contributed by atoms with Crippen molar-refractivity contribution in [1.29, 1.82) is 5.41 Å². The maximum absolute atomic E-state index is 13.2. The number of allylic oxidation sites excluding steroid dienone is 1. The Balaban J connectivity index is 1.96. The van der Waals surface area contributed by atoms with Crippen LogP contribution in [0.25, 0.3) is 16.5 Å². The molecule has 1 aliphatic heterocycles. The van der Waals surface area contributed by atoms with Crippen molar-refractivity contribution in [2.45, 2.75) is 38.8 Å². The van der Waals surface area contributed by atoms with E-state index in [2.05, 4.69) is 26.2 Å². The first-order valence-corrected chi connectivity index (χ1v) is 11.4. The molecule has 0 radical (unpaired) electrons. The van der Waals surface area contributed by atoms with E-state index in [1.807, 2.05) is 32.0 Å². The molecule has 2 aromatic rings. The van der Waals surface area contributed by atoms with Gasteiger partial charge < -0.3 is 21.8 Å². The fourth-order valence-corrected chi connectivity index (χ4v) is 4.24. The van der Waals surface area contributed by atoms with Gasteiger partial charge in [-0.3, -0.25) is 14.1 Å². The van der Waals surface area contributed by atoms with Gasteiger partial charge >= 0.3 is 0 Å². The molecule has 2 heterocycles. The van der Waals surface area contributed by atoms with Gasteiger partial charge in [-0.15, -0.1) is 0 Å². The number of carbonyl (C=O) groups excluding carboxylic acids is 1. The van der Waals surface area contributed by atoms with Crippen molar-refractivity contribution < 1.29 is 4.79 Å². The molecule has 5 N–H and O–H groups in total. The van der Waals surface area contributed by atoms with E-state index in [1.165, 1.54) is 12.4 Å². The first-order chi connectivity index (χ1) is 14.5. The van der Waals surface area contributed by atoms with E-state index >= 15 is 0 Å². The number of rotatable bonds is 7. The second-order valence-electron chi connectivity index (χ2n) is 7.70. The van der Waals surface area contributed by atoms with Crippen LogP contribution >= 0.6 is 11.9 Å². The number of amides is 1. The Kier molecular flexibility index (Phi) is 7.33. The molecule has 8 heteroatoms. The van der Waals surface area contributed by atoms with Crippen LogP contribution in [0, 0.1) is 5.41 Å². The van der Waals surface area contributed by atoms with Crippen LogP contribution in [-0.2, 0) is 0 Å². The smallest absolute Gasteiger partial charge is 0.255 e. The van der Waals surface area contributed by atoms with Gasteiger partial charge in [-0.2, -0.15) is 0 Å². The maximum Gasteiger partial charge on any atom is 0.255 e. The Labute approximate surface area is 182 Å². The summed E-state index contributed by atoms with van der Waals surface area (Å²) in [6, 6.07) is 6.02. The van der Waals surface area contributed by atoms with Crippen LogP contribution in [0.15, 0.2) is 30.6 Å². The molecule has 0 aliphatic carbocycles. The third kappa shape index (κ3) is 4.94. The Hall–Kier alpha value is -2.58. The fourth-order valence-electron chi connectivity index (χ4n) is 3.66. The number of nitrogens with one attached hydrogen (secondary N) is 3. The molecule has 0 saturated carbocycles. The predicted molar refractivity (Wildman–Crippen MR) is 127 cm³/mol. The number of hydrogen-bond acceptors (Lipinski definition) is 7. The zero-order valence-electron chi connectivity index (χ0n) is 17.7. The molecule has 1 aromatic heterocycles. The van der Waals surface area contributed by atoms with Crippen molar-refractivity contribution >= 4 is 46.2 Å². The minimum Gasteiger partial charge on any atom is -0.404 e. The molecule has 7 nitrogen and oxygen atoms in total.